The van der Waals surface area contributed by atoms with Gasteiger partial charge in [-0.3, -0.25) is 4.98 Å². The highest BCUT2D eigenvalue weighted by Gasteiger charge is 2.12. The first kappa shape index (κ1) is 16.7. The van der Waals surface area contributed by atoms with Crippen molar-refractivity contribution >= 4 is 28.7 Å². The summed E-state index contributed by atoms with van der Waals surface area (Å²) in [5.41, 5.74) is 3.49. The van der Waals surface area contributed by atoms with Gasteiger partial charge in [-0.1, -0.05) is 12.1 Å². The molecule has 0 spiro atoms. The van der Waals surface area contributed by atoms with Crippen LogP contribution in [0.3, 0.4) is 0 Å². The zero-order chi connectivity index (χ0) is 16.8. The van der Waals surface area contributed by atoms with Crippen molar-refractivity contribution < 1.29 is 0 Å². The number of nitrogens with one attached hydrogen (secondary N) is 2. The van der Waals surface area contributed by atoms with Crippen molar-refractivity contribution in [2.24, 2.45) is 0 Å². The Morgan fingerprint density at radius 1 is 1.04 bits per heavy atom. The van der Waals surface area contributed by atoms with Crippen LogP contribution < -0.4 is 15.5 Å². The Morgan fingerprint density at radius 3 is 2.38 bits per heavy atom. The minimum absolute atomic E-state index is 0.155. The first-order valence-electron chi connectivity index (χ1n) is 8.55. The van der Waals surface area contributed by atoms with Crippen molar-refractivity contribution in [2.75, 3.05) is 23.3 Å². The van der Waals surface area contributed by atoms with Crippen LogP contribution in [0.5, 0.6) is 0 Å². The van der Waals surface area contributed by atoms with Crippen LogP contribution in [0, 0.1) is 0 Å². The molecule has 1 aliphatic rings. The van der Waals surface area contributed by atoms with Crippen molar-refractivity contribution in [1.82, 2.24) is 10.3 Å². The number of benzene rings is 1. The summed E-state index contributed by atoms with van der Waals surface area (Å²) in [6.07, 6.45) is 7.45. The molecular weight excluding hydrogens is 316 g/mol. The molecule has 1 fully saturated rings. The van der Waals surface area contributed by atoms with E-state index < -0.39 is 0 Å². The lowest BCUT2D eigenvalue weighted by atomic mass is 10.1. The maximum absolute atomic E-state index is 5.39. The Bertz CT molecular complexity index is 651. The Kier molecular flexibility index (Phi) is 5.64. The third kappa shape index (κ3) is 4.45. The molecule has 0 bridgehead atoms. The fourth-order valence-electron chi connectivity index (χ4n) is 3.01. The molecule has 1 atom stereocenters. The normalized spacial score (nSPS) is 15.6. The van der Waals surface area contributed by atoms with Crippen LogP contribution in [0.25, 0.3) is 0 Å². The molecule has 0 amide bonds. The largest absolute Gasteiger partial charge is 0.372 e. The summed E-state index contributed by atoms with van der Waals surface area (Å²) in [5, 5.41) is 7.13. The van der Waals surface area contributed by atoms with Gasteiger partial charge in [0.25, 0.3) is 0 Å². The second kappa shape index (κ2) is 8.11. The summed E-state index contributed by atoms with van der Waals surface area (Å²) in [6.45, 7) is 4.47. The van der Waals surface area contributed by atoms with Crippen LogP contribution in [-0.2, 0) is 0 Å². The van der Waals surface area contributed by atoms with E-state index in [-0.39, 0.29) is 6.04 Å². The number of hydrogen-bond donors (Lipinski definition) is 2. The van der Waals surface area contributed by atoms with E-state index in [9.17, 15) is 0 Å². The van der Waals surface area contributed by atoms with E-state index in [1.807, 2.05) is 12.1 Å². The number of thiocarbonyl (C=S) groups is 1. The minimum Gasteiger partial charge on any atom is -0.372 e. The van der Waals surface area contributed by atoms with E-state index in [2.05, 4.69) is 51.7 Å². The summed E-state index contributed by atoms with van der Waals surface area (Å²) >= 11 is 5.39. The molecule has 1 saturated heterocycles. The van der Waals surface area contributed by atoms with E-state index in [1.165, 1.54) is 43.6 Å². The standard InChI is InChI=1S/C19H24N4S/c1-15(21-19(24)22-17-9-11-20-12-10-17)16-5-7-18(8-6-16)23-13-3-2-4-14-23/h5-12,15H,2-4,13-14H2,1H3,(H2,20,21,22,24). The van der Waals surface area contributed by atoms with Crippen molar-refractivity contribution in [1.29, 1.82) is 0 Å². The molecule has 126 valence electrons. The van der Waals surface area contributed by atoms with Crippen LogP contribution in [0.1, 0.15) is 37.8 Å². The highest BCUT2D eigenvalue weighted by molar-refractivity contribution is 7.80. The second-order valence-electron chi connectivity index (χ2n) is 6.20. The van der Waals surface area contributed by atoms with Gasteiger partial charge in [-0.25, -0.2) is 0 Å². The number of rotatable bonds is 4. The van der Waals surface area contributed by atoms with Crippen LogP contribution in [0.2, 0.25) is 0 Å². The summed E-state index contributed by atoms with van der Waals surface area (Å²) in [7, 11) is 0. The lowest BCUT2D eigenvalue weighted by molar-refractivity contribution is 0.577. The van der Waals surface area contributed by atoms with Gasteiger partial charge in [-0.15, -0.1) is 0 Å². The van der Waals surface area contributed by atoms with Crippen molar-refractivity contribution in [3.8, 4) is 0 Å². The van der Waals surface area contributed by atoms with Crippen LogP contribution in [-0.4, -0.2) is 23.2 Å². The van der Waals surface area contributed by atoms with E-state index in [4.69, 9.17) is 12.2 Å². The third-order valence-corrected chi connectivity index (χ3v) is 4.62. The van der Waals surface area contributed by atoms with E-state index in [0.717, 1.165) is 5.69 Å². The predicted molar refractivity (Wildman–Crippen MR) is 105 cm³/mol. The molecule has 24 heavy (non-hydrogen) atoms. The number of nitrogens with zero attached hydrogens (tertiary/aromatic N) is 2. The fraction of sp³-hybridized carbons (Fsp3) is 0.368. The minimum atomic E-state index is 0.155. The molecule has 2 heterocycles. The number of pyridine rings is 1. The molecule has 5 heteroatoms. The van der Waals surface area contributed by atoms with Gasteiger partial charge in [-0.2, -0.15) is 0 Å². The first-order chi connectivity index (χ1) is 11.7. The molecule has 1 aromatic carbocycles. The van der Waals surface area contributed by atoms with Crippen molar-refractivity contribution in [2.45, 2.75) is 32.2 Å². The topological polar surface area (TPSA) is 40.2 Å². The Hall–Kier alpha value is -2.14. The molecule has 1 aromatic heterocycles. The summed E-state index contributed by atoms with van der Waals surface area (Å²) in [6, 6.07) is 12.8. The van der Waals surface area contributed by atoms with Gasteiger partial charge < -0.3 is 15.5 Å². The summed E-state index contributed by atoms with van der Waals surface area (Å²) in [5.74, 6) is 0. The zero-order valence-electron chi connectivity index (χ0n) is 14.0. The SMILES string of the molecule is CC(NC(=S)Nc1ccncc1)c1ccc(N2CCCCC2)cc1. The van der Waals surface area contributed by atoms with Crippen molar-refractivity contribution in [3.63, 3.8) is 0 Å². The zero-order valence-corrected chi connectivity index (χ0v) is 14.9. The third-order valence-electron chi connectivity index (χ3n) is 4.40. The Morgan fingerprint density at radius 2 is 1.71 bits per heavy atom. The highest BCUT2D eigenvalue weighted by atomic mass is 32.1. The maximum Gasteiger partial charge on any atom is 0.171 e. The van der Waals surface area contributed by atoms with Crippen molar-refractivity contribution in [3.05, 3.63) is 54.4 Å². The Labute approximate surface area is 149 Å². The predicted octanol–water partition coefficient (Wildman–Crippen LogP) is 4.12. The number of anilines is 2. The average molecular weight is 340 g/mol. The smallest absolute Gasteiger partial charge is 0.171 e. The summed E-state index contributed by atoms with van der Waals surface area (Å²) in [4.78, 5) is 6.47. The molecule has 0 radical (unpaired) electrons. The molecule has 0 saturated carbocycles. The fourth-order valence-corrected chi connectivity index (χ4v) is 3.30. The van der Waals surface area contributed by atoms with Gasteiger partial charge >= 0.3 is 0 Å². The van der Waals surface area contributed by atoms with E-state index in [0.29, 0.717) is 5.11 Å². The lowest BCUT2D eigenvalue weighted by Crippen LogP contribution is -2.31. The van der Waals surface area contributed by atoms with E-state index >= 15 is 0 Å². The molecule has 2 aromatic rings. The van der Waals surface area contributed by atoms with Gasteiger partial charge in [0.05, 0.1) is 6.04 Å². The molecule has 0 aliphatic carbocycles. The van der Waals surface area contributed by atoms with Crippen LogP contribution in [0.15, 0.2) is 48.8 Å². The second-order valence-corrected chi connectivity index (χ2v) is 6.60. The molecule has 1 aliphatic heterocycles. The lowest BCUT2D eigenvalue weighted by Gasteiger charge is -2.29. The molecule has 2 N–H and O–H groups in total. The van der Waals surface area contributed by atoms with Gasteiger partial charge in [0, 0.05) is 36.9 Å². The molecule has 1 unspecified atom stereocenters. The number of hydrogen-bond acceptors (Lipinski definition) is 3. The van der Waals surface area contributed by atoms with Gasteiger partial charge in [0.15, 0.2) is 5.11 Å². The summed E-state index contributed by atoms with van der Waals surface area (Å²) < 4.78 is 0. The number of aromatic nitrogens is 1. The van der Waals surface area contributed by atoms with Crippen LogP contribution in [0.4, 0.5) is 11.4 Å². The molecule has 3 rings (SSSR count). The maximum atomic E-state index is 5.39. The number of piperidine rings is 1. The first-order valence-corrected chi connectivity index (χ1v) is 8.95. The van der Waals surface area contributed by atoms with E-state index in [1.54, 1.807) is 12.4 Å². The quantitative estimate of drug-likeness (QED) is 0.819. The monoisotopic (exact) mass is 340 g/mol. The molecular formula is C19H24N4S. The molecule has 4 nitrogen and oxygen atoms in total. The average Bonchev–Trinajstić information content (AvgIpc) is 2.63. The van der Waals surface area contributed by atoms with Crippen LogP contribution >= 0.6 is 12.2 Å². The van der Waals surface area contributed by atoms with Gasteiger partial charge in [0.1, 0.15) is 0 Å². The Balaban J connectivity index is 1.56. The van der Waals surface area contributed by atoms with Gasteiger partial charge in [0.2, 0.25) is 0 Å². The van der Waals surface area contributed by atoms with Gasteiger partial charge in [-0.05, 0) is 68.2 Å². The highest BCUT2D eigenvalue weighted by Crippen LogP contribution is 2.22.